The fourth-order valence-electron chi connectivity index (χ4n) is 1.77. The molecule has 0 N–H and O–H groups in total. The van der Waals surface area contributed by atoms with Crippen molar-refractivity contribution in [1.29, 1.82) is 0 Å². The van der Waals surface area contributed by atoms with Gasteiger partial charge in [0.1, 0.15) is 5.78 Å². The number of benzene rings is 1. The smallest absolute Gasteiger partial charge is 0.163 e. The fraction of sp³-hybridized carbons (Fsp3) is 0.429. The fourth-order valence-corrected chi connectivity index (χ4v) is 1.77. The first kappa shape index (κ1) is 11.1. The zero-order valence-electron chi connectivity index (χ0n) is 9.32. The second-order valence-electron chi connectivity index (χ2n) is 4.48. The third-order valence-corrected chi connectivity index (χ3v) is 2.94. The van der Waals surface area contributed by atoms with Gasteiger partial charge in [0.25, 0.3) is 0 Å². The number of carbonyl (C=O) groups is 2. The van der Waals surface area contributed by atoms with Crippen molar-refractivity contribution in [2.45, 2.75) is 32.1 Å². The minimum Gasteiger partial charge on any atom is -0.300 e. The van der Waals surface area contributed by atoms with Gasteiger partial charge in [0.2, 0.25) is 0 Å². The predicted molar refractivity (Wildman–Crippen MR) is 62.4 cm³/mol. The highest BCUT2D eigenvalue weighted by molar-refractivity contribution is 5.98. The molecule has 2 nitrogen and oxygen atoms in total. The zero-order valence-corrected chi connectivity index (χ0v) is 9.32. The maximum absolute atomic E-state index is 11.7. The molecule has 0 spiro atoms. The van der Waals surface area contributed by atoms with Gasteiger partial charge in [0, 0.05) is 24.8 Å². The molecule has 0 amide bonds. The molecule has 2 rings (SSSR count). The van der Waals surface area contributed by atoms with E-state index in [0.717, 1.165) is 0 Å². The minimum atomic E-state index is 0.0738. The molecule has 1 fully saturated rings. The van der Waals surface area contributed by atoms with Crippen molar-refractivity contribution >= 4 is 11.6 Å². The Morgan fingerprint density at radius 1 is 1.06 bits per heavy atom. The molecule has 1 aliphatic rings. The van der Waals surface area contributed by atoms with Gasteiger partial charge in [-0.15, -0.1) is 0 Å². The first-order chi connectivity index (χ1) is 7.75. The van der Waals surface area contributed by atoms with Crippen LogP contribution >= 0.6 is 0 Å². The van der Waals surface area contributed by atoms with Gasteiger partial charge in [0.05, 0.1) is 0 Å². The normalized spacial score (nSPS) is 14.8. The van der Waals surface area contributed by atoms with Crippen molar-refractivity contribution in [1.82, 2.24) is 0 Å². The highest BCUT2D eigenvalue weighted by Crippen LogP contribution is 2.32. The minimum absolute atomic E-state index is 0.0738. The molecule has 0 aliphatic heterocycles. The highest BCUT2D eigenvalue weighted by Gasteiger charge is 2.24. The number of hydrogen-bond acceptors (Lipinski definition) is 2. The first-order valence-corrected chi connectivity index (χ1v) is 5.85. The van der Waals surface area contributed by atoms with Gasteiger partial charge >= 0.3 is 0 Å². The Morgan fingerprint density at radius 2 is 1.75 bits per heavy atom. The standard InChI is InChI=1S/C14H16O2/c15-13(10-11-6-7-11)8-9-14(16)12-4-2-1-3-5-12/h1-5,11H,6-10H2. The lowest BCUT2D eigenvalue weighted by Gasteiger charge is -2.00. The van der Waals surface area contributed by atoms with Crippen molar-refractivity contribution in [2.75, 3.05) is 0 Å². The molecule has 0 aromatic heterocycles. The Morgan fingerprint density at radius 3 is 2.38 bits per heavy atom. The van der Waals surface area contributed by atoms with Crippen LogP contribution in [0.15, 0.2) is 30.3 Å². The van der Waals surface area contributed by atoms with Crippen molar-refractivity contribution in [2.24, 2.45) is 5.92 Å². The van der Waals surface area contributed by atoms with Gasteiger partial charge < -0.3 is 0 Å². The Bertz CT molecular complexity index is 377. The molecule has 1 aromatic rings. The Balaban J connectivity index is 1.77. The first-order valence-electron chi connectivity index (χ1n) is 5.85. The molecule has 0 saturated heterocycles. The third kappa shape index (κ3) is 3.30. The topological polar surface area (TPSA) is 34.1 Å². The van der Waals surface area contributed by atoms with Crippen LogP contribution in [0.25, 0.3) is 0 Å². The summed E-state index contributed by atoms with van der Waals surface area (Å²) in [5.41, 5.74) is 0.710. The summed E-state index contributed by atoms with van der Waals surface area (Å²) < 4.78 is 0. The highest BCUT2D eigenvalue weighted by atomic mass is 16.1. The van der Waals surface area contributed by atoms with Crippen LogP contribution in [0.2, 0.25) is 0 Å². The lowest BCUT2D eigenvalue weighted by atomic mass is 10.0. The number of hydrogen-bond donors (Lipinski definition) is 0. The van der Waals surface area contributed by atoms with Crippen molar-refractivity contribution in [3.63, 3.8) is 0 Å². The van der Waals surface area contributed by atoms with Crippen LogP contribution < -0.4 is 0 Å². The van der Waals surface area contributed by atoms with E-state index >= 15 is 0 Å². The van der Waals surface area contributed by atoms with E-state index in [9.17, 15) is 9.59 Å². The molecule has 2 heteroatoms. The molecule has 84 valence electrons. The largest absolute Gasteiger partial charge is 0.300 e. The van der Waals surface area contributed by atoms with E-state index in [1.807, 2.05) is 18.2 Å². The summed E-state index contributed by atoms with van der Waals surface area (Å²) >= 11 is 0. The lowest BCUT2D eigenvalue weighted by molar-refractivity contribution is -0.119. The van der Waals surface area contributed by atoms with Gasteiger partial charge in [-0.3, -0.25) is 9.59 Å². The number of ketones is 2. The molecule has 1 aromatic carbocycles. The van der Waals surface area contributed by atoms with Gasteiger partial charge in [-0.2, -0.15) is 0 Å². The molecule has 0 bridgehead atoms. The monoisotopic (exact) mass is 216 g/mol. The van der Waals surface area contributed by atoms with Crippen LogP contribution in [0.1, 0.15) is 42.5 Å². The summed E-state index contributed by atoms with van der Waals surface area (Å²) in [7, 11) is 0. The van der Waals surface area contributed by atoms with Crippen LogP contribution in [0.5, 0.6) is 0 Å². The van der Waals surface area contributed by atoms with E-state index in [-0.39, 0.29) is 11.6 Å². The summed E-state index contributed by atoms with van der Waals surface area (Å²) in [5, 5.41) is 0. The van der Waals surface area contributed by atoms with Crippen LogP contribution in [-0.4, -0.2) is 11.6 Å². The van der Waals surface area contributed by atoms with E-state index in [0.29, 0.717) is 30.7 Å². The van der Waals surface area contributed by atoms with Gasteiger partial charge in [0.15, 0.2) is 5.78 Å². The molecule has 1 aliphatic carbocycles. The maximum Gasteiger partial charge on any atom is 0.163 e. The van der Waals surface area contributed by atoms with Gasteiger partial charge in [-0.1, -0.05) is 30.3 Å². The number of rotatable bonds is 6. The van der Waals surface area contributed by atoms with Crippen LogP contribution in [0.4, 0.5) is 0 Å². The third-order valence-electron chi connectivity index (χ3n) is 2.94. The molecular formula is C14H16O2. The summed E-state index contributed by atoms with van der Waals surface area (Å²) in [6.45, 7) is 0. The Hall–Kier alpha value is -1.44. The quantitative estimate of drug-likeness (QED) is 0.685. The van der Waals surface area contributed by atoms with E-state index in [4.69, 9.17) is 0 Å². The van der Waals surface area contributed by atoms with Crippen molar-refractivity contribution < 1.29 is 9.59 Å². The van der Waals surface area contributed by atoms with Crippen LogP contribution in [0, 0.1) is 5.92 Å². The SMILES string of the molecule is O=C(CCC(=O)c1ccccc1)CC1CC1. The molecule has 16 heavy (non-hydrogen) atoms. The van der Waals surface area contributed by atoms with E-state index in [1.165, 1.54) is 12.8 Å². The van der Waals surface area contributed by atoms with Crippen LogP contribution in [0.3, 0.4) is 0 Å². The Labute approximate surface area is 95.7 Å². The second-order valence-corrected chi connectivity index (χ2v) is 4.48. The van der Waals surface area contributed by atoms with E-state index < -0.39 is 0 Å². The molecule has 0 heterocycles. The van der Waals surface area contributed by atoms with Crippen molar-refractivity contribution in [3.05, 3.63) is 35.9 Å². The van der Waals surface area contributed by atoms with Gasteiger partial charge in [-0.25, -0.2) is 0 Å². The number of carbonyl (C=O) groups excluding carboxylic acids is 2. The number of Topliss-reactive ketones (excluding diaryl/α,β-unsaturated/α-hetero) is 2. The molecular weight excluding hydrogens is 200 g/mol. The maximum atomic E-state index is 11.7. The summed E-state index contributed by atoms with van der Waals surface area (Å²) in [6, 6.07) is 9.18. The van der Waals surface area contributed by atoms with E-state index in [1.54, 1.807) is 12.1 Å². The lowest BCUT2D eigenvalue weighted by Crippen LogP contribution is -2.05. The predicted octanol–water partition coefficient (Wildman–Crippen LogP) is 3.02. The molecule has 0 atom stereocenters. The summed E-state index contributed by atoms with van der Waals surface area (Å²) in [5.74, 6) is 0.941. The van der Waals surface area contributed by atoms with E-state index in [2.05, 4.69) is 0 Å². The average molecular weight is 216 g/mol. The van der Waals surface area contributed by atoms with Crippen LogP contribution in [-0.2, 0) is 4.79 Å². The molecule has 1 saturated carbocycles. The van der Waals surface area contributed by atoms with Crippen molar-refractivity contribution in [3.8, 4) is 0 Å². The second kappa shape index (κ2) is 5.06. The zero-order chi connectivity index (χ0) is 11.4. The average Bonchev–Trinajstić information content (AvgIpc) is 3.11. The Kier molecular flexibility index (Phi) is 3.50. The molecule has 0 radical (unpaired) electrons. The summed E-state index contributed by atoms with van der Waals surface area (Å²) in [6.07, 6.45) is 3.83. The molecule has 0 unspecified atom stereocenters. The summed E-state index contributed by atoms with van der Waals surface area (Å²) in [4.78, 5) is 23.2. The van der Waals surface area contributed by atoms with Gasteiger partial charge in [-0.05, 0) is 18.8 Å².